The van der Waals surface area contributed by atoms with Crippen molar-refractivity contribution in [2.75, 3.05) is 39.6 Å². The lowest BCUT2D eigenvalue weighted by Gasteiger charge is -2.31. The third-order valence-corrected chi connectivity index (χ3v) is 12.2. The quantitative estimate of drug-likeness (QED) is 0.0334. The highest BCUT2D eigenvalue weighted by molar-refractivity contribution is 8.00. The Morgan fingerprint density at radius 2 is 0.623 bits per heavy atom. The van der Waals surface area contributed by atoms with Crippen LogP contribution < -0.4 is 0 Å². The summed E-state index contributed by atoms with van der Waals surface area (Å²) in [5, 5.41) is 60.5. The van der Waals surface area contributed by atoms with E-state index in [0.717, 1.165) is 25.7 Å². The summed E-state index contributed by atoms with van der Waals surface area (Å²) in [6, 6.07) is 0. The number of hydrogen-bond donors (Lipinski definition) is 6. The molecule has 9 heteroatoms. The van der Waals surface area contributed by atoms with Crippen LogP contribution >= 0.6 is 11.8 Å². The summed E-state index contributed by atoms with van der Waals surface area (Å²) in [5.74, 6) is 0. The average Bonchev–Trinajstić information content (AvgIpc) is 3.16. The van der Waals surface area contributed by atoms with Gasteiger partial charge in [0.05, 0.1) is 50.8 Å². The molecule has 6 N–H and O–H groups in total. The van der Waals surface area contributed by atoms with Gasteiger partial charge < -0.3 is 40.1 Å². The second-order valence-electron chi connectivity index (χ2n) is 15.8. The lowest BCUT2D eigenvalue weighted by Crippen LogP contribution is -2.39. The Hall–Kier alpha value is 0.0300. The van der Waals surface area contributed by atoms with Crippen molar-refractivity contribution < 1.29 is 40.1 Å². The molecule has 6 atom stereocenters. The van der Waals surface area contributed by atoms with Crippen LogP contribution in [0, 0.1) is 0 Å². The van der Waals surface area contributed by atoms with Gasteiger partial charge in [0.2, 0.25) is 0 Å². The van der Waals surface area contributed by atoms with Crippen LogP contribution in [0.2, 0.25) is 0 Å². The summed E-state index contributed by atoms with van der Waals surface area (Å²) in [7, 11) is 0. The van der Waals surface area contributed by atoms with Crippen LogP contribution in [0.15, 0.2) is 0 Å². The number of aliphatic hydroxyl groups is 6. The third-order valence-electron chi connectivity index (χ3n) is 10.5. The molecule has 0 fully saturated rings. The van der Waals surface area contributed by atoms with Crippen molar-refractivity contribution in [3.8, 4) is 0 Å². The van der Waals surface area contributed by atoms with Crippen molar-refractivity contribution in [2.24, 2.45) is 0 Å². The first-order valence-corrected chi connectivity index (χ1v) is 23.6. The van der Waals surface area contributed by atoms with Gasteiger partial charge in [0.25, 0.3) is 0 Å². The number of aliphatic hydroxyl groups excluding tert-OH is 6. The molecule has 53 heavy (non-hydrogen) atoms. The average molecular weight is 779 g/mol. The summed E-state index contributed by atoms with van der Waals surface area (Å²) >= 11 is 1.27. The lowest BCUT2D eigenvalue weighted by atomic mass is 10.0. The van der Waals surface area contributed by atoms with Crippen LogP contribution in [0.25, 0.3) is 0 Å². The van der Waals surface area contributed by atoms with E-state index in [2.05, 4.69) is 13.8 Å². The number of thioether (sulfide) groups is 1. The molecule has 0 heterocycles. The van der Waals surface area contributed by atoms with E-state index in [-0.39, 0.29) is 26.1 Å². The van der Waals surface area contributed by atoms with Crippen LogP contribution in [-0.4, -0.2) is 105 Å². The molecular formula is C44H90O8S. The van der Waals surface area contributed by atoms with Crippen molar-refractivity contribution >= 4 is 11.8 Å². The SMILES string of the molecule is CCCCCCCCCCCCCCCCOCC(O)C(CC(O)CO)SC(CC(O)CO)C(O)COCCCCCCCCCCCCCCCC. The van der Waals surface area contributed by atoms with Crippen LogP contribution in [0.1, 0.15) is 206 Å². The molecule has 6 unspecified atom stereocenters. The fourth-order valence-electron chi connectivity index (χ4n) is 6.94. The van der Waals surface area contributed by atoms with Crippen molar-refractivity contribution in [3.05, 3.63) is 0 Å². The van der Waals surface area contributed by atoms with E-state index < -0.39 is 48.1 Å². The molecule has 0 amide bonds. The molecule has 0 aromatic carbocycles. The van der Waals surface area contributed by atoms with Gasteiger partial charge in [0.1, 0.15) is 0 Å². The van der Waals surface area contributed by atoms with Crippen molar-refractivity contribution in [1.29, 1.82) is 0 Å². The molecule has 0 saturated heterocycles. The number of unbranched alkanes of at least 4 members (excludes halogenated alkanes) is 26. The molecule has 0 rings (SSSR count). The Labute approximate surface area is 332 Å². The lowest BCUT2D eigenvalue weighted by molar-refractivity contribution is 0.0147. The molecule has 0 bridgehead atoms. The van der Waals surface area contributed by atoms with E-state index in [1.54, 1.807) is 0 Å². The van der Waals surface area contributed by atoms with Crippen LogP contribution in [0.3, 0.4) is 0 Å². The molecule has 0 aliphatic rings. The number of ether oxygens (including phenoxy) is 2. The molecule has 0 saturated carbocycles. The minimum absolute atomic E-state index is 0.0925. The van der Waals surface area contributed by atoms with Gasteiger partial charge in [0.15, 0.2) is 0 Å². The molecule has 0 aliphatic heterocycles. The van der Waals surface area contributed by atoms with Gasteiger partial charge in [-0.1, -0.05) is 181 Å². The molecule has 0 aliphatic carbocycles. The first-order valence-electron chi connectivity index (χ1n) is 22.6. The molecule has 320 valence electrons. The summed E-state index contributed by atoms with van der Waals surface area (Å²) in [4.78, 5) is 0. The Morgan fingerprint density at radius 3 is 0.868 bits per heavy atom. The maximum absolute atomic E-state index is 11.1. The van der Waals surface area contributed by atoms with Gasteiger partial charge in [0, 0.05) is 23.7 Å². The molecule has 0 aromatic heterocycles. The summed E-state index contributed by atoms with van der Waals surface area (Å²) in [5.41, 5.74) is 0. The monoisotopic (exact) mass is 779 g/mol. The highest BCUT2D eigenvalue weighted by atomic mass is 32.2. The molecule has 0 radical (unpaired) electrons. The largest absolute Gasteiger partial charge is 0.394 e. The molecule has 0 aromatic rings. The number of hydrogen-bond acceptors (Lipinski definition) is 9. The summed E-state index contributed by atoms with van der Waals surface area (Å²) in [6.45, 7) is 4.95. The third kappa shape index (κ3) is 36.1. The predicted molar refractivity (Wildman–Crippen MR) is 225 cm³/mol. The maximum atomic E-state index is 11.1. The van der Waals surface area contributed by atoms with Crippen molar-refractivity contribution in [3.63, 3.8) is 0 Å². The Morgan fingerprint density at radius 1 is 0.377 bits per heavy atom. The van der Waals surface area contributed by atoms with Crippen molar-refractivity contribution in [2.45, 2.75) is 241 Å². The minimum Gasteiger partial charge on any atom is -0.394 e. The summed E-state index contributed by atoms with van der Waals surface area (Å²) in [6.07, 6.45) is 32.4. The number of rotatable bonds is 44. The normalized spacial score (nSPS) is 15.4. The zero-order valence-electron chi connectivity index (χ0n) is 34.8. The molecule has 8 nitrogen and oxygen atoms in total. The topological polar surface area (TPSA) is 140 Å². The van der Waals surface area contributed by atoms with Gasteiger partial charge in [-0.15, -0.1) is 11.8 Å². The zero-order valence-corrected chi connectivity index (χ0v) is 35.6. The first kappa shape index (κ1) is 53.0. The second-order valence-corrected chi connectivity index (χ2v) is 17.3. The Kier molecular flexibility index (Phi) is 41.7. The van der Waals surface area contributed by atoms with Crippen LogP contribution in [0.4, 0.5) is 0 Å². The second kappa shape index (κ2) is 41.7. The summed E-state index contributed by atoms with van der Waals surface area (Å²) < 4.78 is 11.6. The van der Waals surface area contributed by atoms with E-state index >= 15 is 0 Å². The smallest absolute Gasteiger partial charge is 0.0892 e. The maximum Gasteiger partial charge on any atom is 0.0892 e. The van der Waals surface area contributed by atoms with E-state index in [1.807, 2.05) is 0 Å². The Balaban J connectivity index is 4.32. The first-order chi connectivity index (χ1) is 25.9. The predicted octanol–water partition coefficient (Wildman–Crippen LogP) is 9.66. The Bertz CT molecular complexity index is 648. The highest BCUT2D eigenvalue weighted by Gasteiger charge is 2.31. The van der Waals surface area contributed by atoms with Gasteiger partial charge >= 0.3 is 0 Å². The van der Waals surface area contributed by atoms with Gasteiger partial charge in [-0.25, -0.2) is 0 Å². The molecule has 0 spiro atoms. The zero-order chi connectivity index (χ0) is 39.0. The van der Waals surface area contributed by atoms with Crippen LogP contribution in [-0.2, 0) is 9.47 Å². The fourth-order valence-corrected chi connectivity index (χ4v) is 8.57. The standard InChI is InChI=1S/C44H90O8S/c1-3-5-7-9-11-13-15-17-19-21-23-25-27-29-31-51-37-41(49)43(33-39(47)35-45)53-44(34-40(48)36-46)42(50)38-52-32-30-28-26-24-22-20-18-16-14-12-10-8-6-4-2/h39-50H,3-38H2,1-2H3. The fraction of sp³-hybridized carbons (Fsp3) is 1.00. The minimum atomic E-state index is -1.02. The highest BCUT2D eigenvalue weighted by Crippen LogP contribution is 2.31. The van der Waals surface area contributed by atoms with Crippen LogP contribution in [0.5, 0.6) is 0 Å². The van der Waals surface area contributed by atoms with E-state index in [4.69, 9.17) is 9.47 Å². The van der Waals surface area contributed by atoms with E-state index in [9.17, 15) is 30.6 Å². The van der Waals surface area contributed by atoms with E-state index in [1.165, 1.54) is 166 Å². The van der Waals surface area contributed by atoms with Gasteiger partial charge in [-0.05, 0) is 25.7 Å². The van der Waals surface area contributed by atoms with Gasteiger partial charge in [-0.2, -0.15) is 0 Å². The van der Waals surface area contributed by atoms with Crippen molar-refractivity contribution in [1.82, 2.24) is 0 Å². The van der Waals surface area contributed by atoms with Gasteiger partial charge in [-0.3, -0.25) is 0 Å². The molecular weight excluding hydrogens is 689 g/mol. The van der Waals surface area contributed by atoms with E-state index in [0.29, 0.717) is 13.2 Å².